The number of nitrogens with zero attached hydrogens (tertiary/aromatic N) is 4. The van der Waals surface area contributed by atoms with Gasteiger partial charge in [-0.05, 0) is 54.3 Å². The molecular weight excluding hydrogens is 428 g/mol. The van der Waals surface area contributed by atoms with Crippen LogP contribution in [0.1, 0.15) is 35.9 Å². The number of carboxylic acids is 1. The van der Waals surface area contributed by atoms with Crippen LogP contribution in [0.3, 0.4) is 0 Å². The number of carboxylic acid groups (broad SMARTS) is 1. The highest BCUT2D eigenvalue weighted by atomic mass is 16.5. The lowest BCUT2D eigenvalue weighted by Crippen LogP contribution is -2.36. The lowest BCUT2D eigenvalue weighted by atomic mass is 9.95. The van der Waals surface area contributed by atoms with Gasteiger partial charge in [0, 0.05) is 24.2 Å². The summed E-state index contributed by atoms with van der Waals surface area (Å²) in [4.78, 5) is 18.9. The van der Waals surface area contributed by atoms with E-state index in [2.05, 4.69) is 41.1 Å². The zero-order valence-corrected chi connectivity index (χ0v) is 19.1. The number of para-hydroxylation sites is 1. The van der Waals surface area contributed by atoms with Crippen molar-refractivity contribution in [3.8, 4) is 16.8 Å². The lowest BCUT2D eigenvalue weighted by molar-refractivity contribution is 0.0691. The number of hydrogen-bond donors (Lipinski definition) is 1. The minimum absolute atomic E-state index is 0.0179. The molecule has 4 aromatic rings. The maximum atomic E-state index is 12.0. The summed E-state index contributed by atoms with van der Waals surface area (Å²) < 4.78 is 7.27. The first-order valence-electron chi connectivity index (χ1n) is 11.7. The van der Waals surface area contributed by atoms with Crippen LogP contribution in [-0.2, 0) is 10.2 Å². The Labute approximate surface area is 197 Å². The largest absolute Gasteiger partial charge is 0.477 e. The number of pyridine rings is 1. The van der Waals surface area contributed by atoms with Crippen molar-refractivity contribution in [3.05, 3.63) is 72.1 Å². The average Bonchev–Trinajstić information content (AvgIpc) is 3.50. The number of aromatic nitrogens is 3. The first-order valence-corrected chi connectivity index (χ1v) is 11.7. The summed E-state index contributed by atoms with van der Waals surface area (Å²) in [5.74, 6) is -1.05. The number of morpholine rings is 1. The predicted molar refractivity (Wildman–Crippen MR) is 131 cm³/mol. The highest BCUT2D eigenvalue weighted by molar-refractivity contribution is 6.00. The van der Waals surface area contributed by atoms with Gasteiger partial charge in [-0.15, -0.1) is 0 Å². The molecule has 1 saturated carbocycles. The van der Waals surface area contributed by atoms with E-state index in [1.54, 1.807) is 10.7 Å². The molecule has 2 aromatic heterocycles. The fraction of sp³-hybridized carbons (Fsp3) is 0.296. The third-order valence-electron chi connectivity index (χ3n) is 6.98. The first kappa shape index (κ1) is 20.9. The van der Waals surface area contributed by atoms with E-state index in [-0.39, 0.29) is 11.1 Å². The zero-order chi connectivity index (χ0) is 23.3. The molecule has 2 aliphatic rings. The molecule has 7 heteroatoms. The number of aromatic carboxylic acids is 1. The minimum Gasteiger partial charge on any atom is -0.477 e. The van der Waals surface area contributed by atoms with Crippen LogP contribution in [0.5, 0.6) is 0 Å². The molecule has 0 bridgehead atoms. The molecule has 1 aliphatic heterocycles. The summed E-state index contributed by atoms with van der Waals surface area (Å²) in [6.07, 6.45) is 2.12. The molecule has 2 aromatic carbocycles. The predicted octanol–water partition coefficient (Wildman–Crippen LogP) is 4.67. The normalized spacial score (nSPS) is 17.1. The van der Waals surface area contributed by atoms with E-state index in [0.717, 1.165) is 72.7 Å². The van der Waals surface area contributed by atoms with Gasteiger partial charge in [-0.1, -0.05) is 37.3 Å². The zero-order valence-electron chi connectivity index (χ0n) is 19.1. The van der Waals surface area contributed by atoms with Gasteiger partial charge in [-0.2, -0.15) is 5.10 Å². The Morgan fingerprint density at radius 2 is 1.71 bits per heavy atom. The van der Waals surface area contributed by atoms with Crippen LogP contribution in [0, 0.1) is 0 Å². The van der Waals surface area contributed by atoms with Crippen molar-refractivity contribution >= 4 is 22.7 Å². The number of anilines is 1. The monoisotopic (exact) mass is 454 g/mol. The molecule has 0 atom stereocenters. The second-order valence-electron chi connectivity index (χ2n) is 9.36. The summed E-state index contributed by atoms with van der Waals surface area (Å²) in [7, 11) is 0. The average molecular weight is 455 g/mol. The quantitative estimate of drug-likeness (QED) is 0.472. The standard InChI is InChI=1S/C27H26N4O3/c1-27(11-12-27)24-23-21(18-7-9-19(10-8-18)30-13-15-34-16-14-30)17-22(26(32)33)28-25(23)31(29-24)20-5-3-2-4-6-20/h2-10,17H,11-16H2,1H3,(H,32,33). The second kappa shape index (κ2) is 7.95. The van der Waals surface area contributed by atoms with Crippen molar-refractivity contribution in [1.82, 2.24) is 14.8 Å². The Balaban J connectivity index is 1.56. The summed E-state index contributed by atoms with van der Waals surface area (Å²) >= 11 is 0. The van der Waals surface area contributed by atoms with Gasteiger partial charge in [0.05, 0.1) is 30.0 Å². The fourth-order valence-corrected chi connectivity index (χ4v) is 4.72. The molecule has 0 radical (unpaired) electrons. The van der Waals surface area contributed by atoms with Crippen molar-refractivity contribution in [2.24, 2.45) is 0 Å². The van der Waals surface area contributed by atoms with Gasteiger partial charge in [0.2, 0.25) is 0 Å². The van der Waals surface area contributed by atoms with E-state index >= 15 is 0 Å². The van der Waals surface area contributed by atoms with Gasteiger partial charge in [0.25, 0.3) is 0 Å². The molecule has 3 heterocycles. The Bertz CT molecular complexity index is 1370. The molecule has 34 heavy (non-hydrogen) atoms. The van der Waals surface area contributed by atoms with Crippen LogP contribution in [0.25, 0.3) is 27.8 Å². The van der Waals surface area contributed by atoms with Crippen molar-refractivity contribution < 1.29 is 14.6 Å². The number of hydrogen-bond acceptors (Lipinski definition) is 5. The second-order valence-corrected chi connectivity index (χ2v) is 9.36. The molecule has 2 fully saturated rings. The van der Waals surface area contributed by atoms with E-state index in [1.165, 1.54) is 0 Å². The molecule has 6 rings (SSSR count). The maximum absolute atomic E-state index is 12.0. The smallest absolute Gasteiger partial charge is 0.354 e. The Hall–Kier alpha value is -3.71. The summed E-state index contributed by atoms with van der Waals surface area (Å²) in [5.41, 5.74) is 5.41. The van der Waals surface area contributed by atoms with Crippen LogP contribution in [-0.4, -0.2) is 52.1 Å². The van der Waals surface area contributed by atoms with E-state index < -0.39 is 5.97 Å². The van der Waals surface area contributed by atoms with Gasteiger partial charge in [0.15, 0.2) is 11.3 Å². The van der Waals surface area contributed by atoms with E-state index in [0.29, 0.717) is 5.65 Å². The van der Waals surface area contributed by atoms with Gasteiger partial charge >= 0.3 is 5.97 Å². The van der Waals surface area contributed by atoms with E-state index in [4.69, 9.17) is 9.84 Å². The van der Waals surface area contributed by atoms with E-state index in [1.807, 2.05) is 30.3 Å². The highest BCUT2D eigenvalue weighted by Gasteiger charge is 2.44. The fourth-order valence-electron chi connectivity index (χ4n) is 4.72. The summed E-state index contributed by atoms with van der Waals surface area (Å²) in [5, 5.41) is 15.8. The summed E-state index contributed by atoms with van der Waals surface area (Å²) in [6, 6.07) is 19.8. The Morgan fingerprint density at radius 1 is 1.00 bits per heavy atom. The molecular formula is C27H26N4O3. The lowest BCUT2D eigenvalue weighted by Gasteiger charge is -2.29. The van der Waals surface area contributed by atoms with Crippen LogP contribution in [0.4, 0.5) is 5.69 Å². The molecule has 0 spiro atoms. The number of fused-ring (bicyclic) bond motifs is 1. The Morgan fingerprint density at radius 3 is 2.35 bits per heavy atom. The van der Waals surface area contributed by atoms with Crippen LogP contribution in [0.2, 0.25) is 0 Å². The van der Waals surface area contributed by atoms with Crippen molar-refractivity contribution in [1.29, 1.82) is 0 Å². The molecule has 0 amide bonds. The third-order valence-corrected chi connectivity index (χ3v) is 6.98. The maximum Gasteiger partial charge on any atom is 0.354 e. The number of benzene rings is 2. The number of ether oxygens (including phenoxy) is 1. The first-order chi connectivity index (χ1) is 16.5. The molecule has 172 valence electrons. The van der Waals surface area contributed by atoms with Crippen LogP contribution >= 0.6 is 0 Å². The third kappa shape index (κ3) is 3.53. The SMILES string of the molecule is CC1(c2nn(-c3ccccc3)c3nc(C(=O)O)cc(-c4ccc(N5CCOCC5)cc4)c23)CC1. The molecule has 1 aliphatic carbocycles. The van der Waals surface area contributed by atoms with Crippen LogP contribution < -0.4 is 4.90 Å². The van der Waals surface area contributed by atoms with E-state index in [9.17, 15) is 9.90 Å². The summed E-state index contributed by atoms with van der Waals surface area (Å²) in [6.45, 7) is 5.42. The van der Waals surface area contributed by atoms with Crippen molar-refractivity contribution in [3.63, 3.8) is 0 Å². The van der Waals surface area contributed by atoms with Gasteiger partial charge in [-0.25, -0.2) is 14.5 Å². The minimum atomic E-state index is -1.05. The molecule has 7 nitrogen and oxygen atoms in total. The highest BCUT2D eigenvalue weighted by Crippen LogP contribution is 2.51. The van der Waals surface area contributed by atoms with Gasteiger partial charge in [0.1, 0.15) is 0 Å². The van der Waals surface area contributed by atoms with Crippen LogP contribution in [0.15, 0.2) is 60.7 Å². The number of rotatable bonds is 5. The topological polar surface area (TPSA) is 80.5 Å². The molecule has 1 saturated heterocycles. The van der Waals surface area contributed by atoms with Crippen molar-refractivity contribution in [2.45, 2.75) is 25.2 Å². The van der Waals surface area contributed by atoms with Gasteiger partial charge < -0.3 is 14.7 Å². The molecule has 1 N–H and O–H groups in total. The van der Waals surface area contributed by atoms with Crippen molar-refractivity contribution in [2.75, 3.05) is 31.2 Å². The van der Waals surface area contributed by atoms with Gasteiger partial charge in [-0.3, -0.25) is 0 Å². The number of carbonyl (C=O) groups is 1. The molecule has 0 unspecified atom stereocenters. The Kier molecular flexibility index (Phi) is 4.88.